The van der Waals surface area contributed by atoms with Crippen molar-refractivity contribution in [3.05, 3.63) is 23.7 Å². The lowest BCUT2D eigenvalue weighted by Gasteiger charge is -2.31. The first-order valence-electron chi connectivity index (χ1n) is 7.96. The third kappa shape index (κ3) is 5.20. The Morgan fingerprint density at radius 2 is 2.12 bits per heavy atom. The lowest BCUT2D eigenvalue weighted by molar-refractivity contribution is -0.192. The van der Waals surface area contributed by atoms with Gasteiger partial charge in [-0.2, -0.15) is 13.2 Å². The van der Waals surface area contributed by atoms with E-state index in [1.54, 1.807) is 7.11 Å². The normalized spacial score (nSPS) is 26.7. The van der Waals surface area contributed by atoms with E-state index in [0.717, 1.165) is 37.6 Å². The first-order chi connectivity index (χ1) is 11.7. The molecule has 1 N–H and O–H groups in total. The Morgan fingerprint density at radius 3 is 2.64 bits per heavy atom. The number of alkyl halides is 3. The summed E-state index contributed by atoms with van der Waals surface area (Å²) < 4.78 is 48.8. The van der Waals surface area contributed by atoms with Gasteiger partial charge in [-0.1, -0.05) is 0 Å². The van der Waals surface area contributed by atoms with Crippen LogP contribution in [0, 0.1) is 6.92 Å². The van der Waals surface area contributed by atoms with Gasteiger partial charge in [-0.05, 0) is 31.9 Å². The average Bonchev–Trinajstić information content (AvgIpc) is 3.11. The molecule has 142 valence electrons. The molecule has 0 bridgehead atoms. The van der Waals surface area contributed by atoms with Crippen molar-refractivity contribution >= 4 is 5.97 Å². The highest BCUT2D eigenvalue weighted by Gasteiger charge is 2.44. The highest BCUT2D eigenvalue weighted by molar-refractivity contribution is 5.73. The second-order valence-corrected chi connectivity index (χ2v) is 6.06. The Morgan fingerprint density at radius 1 is 1.44 bits per heavy atom. The number of furan rings is 1. The number of nitrogens with zero attached hydrogens (tertiary/aromatic N) is 1. The molecular formula is C16H22F3NO5. The lowest BCUT2D eigenvalue weighted by Crippen LogP contribution is -2.41. The second-order valence-electron chi connectivity index (χ2n) is 6.06. The molecule has 3 atom stereocenters. The number of halogens is 3. The zero-order valence-electron chi connectivity index (χ0n) is 14.1. The van der Waals surface area contributed by atoms with Gasteiger partial charge in [0.25, 0.3) is 0 Å². The number of aliphatic carboxylic acids is 1. The van der Waals surface area contributed by atoms with Crippen LogP contribution in [0.15, 0.2) is 16.5 Å². The number of carboxylic acids is 1. The topological polar surface area (TPSA) is 72.1 Å². The standard InChI is InChI=1S/C14H21NO3.C2HF3O2/c1-10-5-6-11(18-10)8-15-9-13(16-2)14-12(15)4-3-7-17-14;3-2(4,5)1(6)7/h5-6,12-14H,3-4,7-9H2,1-2H3;(H,6,7)/t12-,13+,14+;/m1./s1. The van der Waals surface area contributed by atoms with Gasteiger partial charge in [0.15, 0.2) is 0 Å². The molecule has 2 saturated heterocycles. The van der Waals surface area contributed by atoms with E-state index >= 15 is 0 Å². The molecule has 0 radical (unpaired) electrons. The maximum absolute atomic E-state index is 10.6. The first kappa shape index (κ1) is 19.7. The molecule has 1 aromatic rings. The summed E-state index contributed by atoms with van der Waals surface area (Å²) in [6, 6.07) is 4.57. The predicted molar refractivity (Wildman–Crippen MR) is 81.1 cm³/mol. The molecule has 9 heteroatoms. The Labute approximate surface area is 143 Å². The quantitative estimate of drug-likeness (QED) is 0.888. The molecule has 2 aliphatic rings. The number of rotatable bonds is 3. The number of hydrogen-bond acceptors (Lipinski definition) is 5. The molecule has 0 saturated carbocycles. The minimum absolute atomic E-state index is 0.200. The van der Waals surface area contributed by atoms with E-state index in [9.17, 15) is 13.2 Å². The molecule has 0 aliphatic carbocycles. The summed E-state index contributed by atoms with van der Waals surface area (Å²) in [5.74, 6) is -0.745. The molecule has 6 nitrogen and oxygen atoms in total. The van der Waals surface area contributed by atoms with Crippen LogP contribution in [0.4, 0.5) is 13.2 Å². The van der Waals surface area contributed by atoms with E-state index < -0.39 is 12.1 Å². The van der Waals surface area contributed by atoms with Gasteiger partial charge in [-0.15, -0.1) is 0 Å². The number of carbonyl (C=O) groups is 1. The van der Waals surface area contributed by atoms with Gasteiger partial charge in [-0.3, -0.25) is 4.90 Å². The third-order valence-corrected chi connectivity index (χ3v) is 4.28. The Bertz CT molecular complexity index is 574. The maximum atomic E-state index is 10.6. The van der Waals surface area contributed by atoms with Crippen molar-refractivity contribution in [3.8, 4) is 0 Å². The summed E-state index contributed by atoms with van der Waals surface area (Å²) in [6.45, 7) is 4.65. The fourth-order valence-electron chi connectivity index (χ4n) is 3.16. The van der Waals surface area contributed by atoms with Gasteiger partial charge >= 0.3 is 12.1 Å². The zero-order chi connectivity index (χ0) is 18.6. The van der Waals surface area contributed by atoms with Gasteiger partial charge in [0.1, 0.15) is 17.6 Å². The molecule has 0 aromatic carbocycles. The van der Waals surface area contributed by atoms with Crippen LogP contribution in [-0.2, 0) is 20.8 Å². The van der Waals surface area contributed by atoms with E-state index in [1.165, 1.54) is 6.42 Å². The number of carboxylic acid groups (broad SMARTS) is 1. The smallest absolute Gasteiger partial charge is 0.475 e. The fourth-order valence-corrected chi connectivity index (χ4v) is 3.16. The van der Waals surface area contributed by atoms with Crippen molar-refractivity contribution in [1.29, 1.82) is 0 Å². The van der Waals surface area contributed by atoms with E-state index in [1.807, 2.05) is 13.0 Å². The summed E-state index contributed by atoms with van der Waals surface area (Å²) in [4.78, 5) is 11.3. The van der Waals surface area contributed by atoms with Gasteiger partial charge in [0.2, 0.25) is 0 Å². The summed E-state index contributed by atoms with van der Waals surface area (Å²) in [6.07, 6.45) is -2.30. The van der Waals surface area contributed by atoms with Gasteiger partial charge in [-0.25, -0.2) is 4.79 Å². The second kappa shape index (κ2) is 8.20. The zero-order valence-corrected chi connectivity index (χ0v) is 14.1. The molecule has 3 rings (SSSR count). The van der Waals surface area contributed by atoms with Crippen LogP contribution < -0.4 is 0 Å². The highest BCUT2D eigenvalue weighted by atomic mass is 19.4. The SMILES string of the molecule is CO[C@H]1CN(Cc2ccc(C)o2)[C@@H]2CCCO[C@H]12.O=C(O)C(F)(F)F. The van der Waals surface area contributed by atoms with Crippen molar-refractivity contribution in [2.24, 2.45) is 0 Å². The monoisotopic (exact) mass is 365 g/mol. The number of likely N-dealkylation sites (tertiary alicyclic amines) is 1. The van der Waals surface area contributed by atoms with Crippen LogP contribution in [0.1, 0.15) is 24.4 Å². The molecule has 25 heavy (non-hydrogen) atoms. The van der Waals surface area contributed by atoms with Crippen LogP contribution >= 0.6 is 0 Å². The molecular weight excluding hydrogens is 343 g/mol. The van der Waals surface area contributed by atoms with E-state index in [2.05, 4.69) is 11.0 Å². The summed E-state index contributed by atoms with van der Waals surface area (Å²) in [7, 11) is 1.78. The average molecular weight is 365 g/mol. The minimum atomic E-state index is -5.08. The third-order valence-electron chi connectivity index (χ3n) is 4.28. The van der Waals surface area contributed by atoms with Gasteiger partial charge < -0.3 is 19.0 Å². The van der Waals surface area contributed by atoms with Gasteiger partial charge in [0, 0.05) is 26.3 Å². The number of ether oxygens (including phenoxy) is 2. The molecule has 0 amide bonds. The summed E-state index contributed by atoms with van der Waals surface area (Å²) >= 11 is 0. The fraction of sp³-hybridized carbons (Fsp3) is 0.688. The molecule has 2 aliphatic heterocycles. The van der Waals surface area contributed by atoms with E-state index in [-0.39, 0.29) is 12.2 Å². The van der Waals surface area contributed by atoms with Crippen molar-refractivity contribution in [1.82, 2.24) is 4.90 Å². The molecule has 3 heterocycles. The van der Waals surface area contributed by atoms with E-state index in [4.69, 9.17) is 23.8 Å². The molecule has 1 aromatic heterocycles. The molecule has 0 unspecified atom stereocenters. The Kier molecular flexibility index (Phi) is 6.47. The van der Waals surface area contributed by atoms with Crippen LogP contribution in [0.25, 0.3) is 0 Å². The molecule has 2 fully saturated rings. The number of fused-ring (bicyclic) bond motifs is 1. The largest absolute Gasteiger partial charge is 0.490 e. The van der Waals surface area contributed by atoms with Crippen molar-refractivity contribution < 1.29 is 37.0 Å². The minimum Gasteiger partial charge on any atom is -0.475 e. The van der Waals surface area contributed by atoms with Crippen molar-refractivity contribution in [2.75, 3.05) is 20.3 Å². The predicted octanol–water partition coefficient (Wildman–Crippen LogP) is 2.60. The van der Waals surface area contributed by atoms with Crippen LogP contribution in [0.5, 0.6) is 0 Å². The van der Waals surface area contributed by atoms with Gasteiger partial charge in [0.05, 0.1) is 12.6 Å². The van der Waals surface area contributed by atoms with Crippen molar-refractivity contribution in [2.45, 2.75) is 50.7 Å². The molecule has 0 spiro atoms. The maximum Gasteiger partial charge on any atom is 0.490 e. The van der Waals surface area contributed by atoms with E-state index in [0.29, 0.717) is 6.04 Å². The number of hydrogen-bond donors (Lipinski definition) is 1. The highest BCUT2D eigenvalue weighted by Crippen LogP contribution is 2.31. The summed E-state index contributed by atoms with van der Waals surface area (Å²) in [5, 5.41) is 7.12. The van der Waals surface area contributed by atoms with Crippen LogP contribution in [-0.4, -0.2) is 60.7 Å². The van der Waals surface area contributed by atoms with Crippen LogP contribution in [0.3, 0.4) is 0 Å². The number of aryl methyl sites for hydroxylation is 1. The van der Waals surface area contributed by atoms with Crippen molar-refractivity contribution in [3.63, 3.8) is 0 Å². The lowest BCUT2D eigenvalue weighted by atomic mass is 10.0. The number of methoxy groups -OCH3 is 1. The first-order valence-corrected chi connectivity index (χ1v) is 7.96. The Hall–Kier alpha value is -1.58. The Balaban J connectivity index is 0.000000277. The summed E-state index contributed by atoms with van der Waals surface area (Å²) in [5.41, 5.74) is 0. The van der Waals surface area contributed by atoms with Crippen LogP contribution in [0.2, 0.25) is 0 Å².